The number of nitrogens with one attached hydrogen (secondary N) is 2. The molecule has 2 fully saturated rings. The normalized spacial score (nSPS) is 18.8. The molecule has 1 unspecified atom stereocenters. The fraction of sp³-hybridized carbons (Fsp3) is 0.609. The molecular formula is C23H36IN5O3. The van der Waals surface area contributed by atoms with Crippen molar-refractivity contribution < 1.29 is 14.3 Å². The van der Waals surface area contributed by atoms with Crippen molar-refractivity contribution >= 4 is 47.4 Å². The van der Waals surface area contributed by atoms with E-state index in [0.29, 0.717) is 32.7 Å². The molecule has 8 nitrogen and oxygen atoms in total. The Kier molecular flexibility index (Phi) is 11.2. The van der Waals surface area contributed by atoms with Crippen LogP contribution in [0.2, 0.25) is 0 Å². The van der Waals surface area contributed by atoms with E-state index in [-0.39, 0.29) is 41.9 Å². The van der Waals surface area contributed by atoms with Crippen LogP contribution in [0.15, 0.2) is 29.3 Å². The highest BCUT2D eigenvalue weighted by Gasteiger charge is 2.30. The summed E-state index contributed by atoms with van der Waals surface area (Å²) in [4.78, 5) is 33.2. The molecule has 9 heteroatoms. The average Bonchev–Trinajstić information content (AvgIpc) is 3.32. The summed E-state index contributed by atoms with van der Waals surface area (Å²) in [5.41, 5.74) is 1.89. The molecule has 32 heavy (non-hydrogen) atoms. The van der Waals surface area contributed by atoms with Crippen LogP contribution in [0, 0.1) is 0 Å². The van der Waals surface area contributed by atoms with Crippen molar-refractivity contribution in [2.75, 3.05) is 44.6 Å². The number of halogens is 1. The average molecular weight is 557 g/mol. The zero-order valence-electron chi connectivity index (χ0n) is 19.1. The third-order valence-electron chi connectivity index (χ3n) is 5.56. The summed E-state index contributed by atoms with van der Waals surface area (Å²) in [7, 11) is 0. The van der Waals surface area contributed by atoms with E-state index in [1.165, 1.54) is 0 Å². The zero-order chi connectivity index (χ0) is 22.1. The number of aliphatic imine (C=N–C) groups is 1. The van der Waals surface area contributed by atoms with Crippen LogP contribution in [0.25, 0.3) is 0 Å². The fourth-order valence-corrected chi connectivity index (χ4v) is 3.85. The molecule has 2 heterocycles. The molecule has 0 bridgehead atoms. The zero-order valence-corrected chi connectivity index (χ0v) is 21.5. The molecule has 0 saturated carbocycles. The lowest BCUT2D eigenvalue weighted by atomic mass is 10.2. The first-order valence-electron chi connectivity index (χ1n) is 11.4. The fourth-order valence-electron chi connectivity index (χ4n) is 3.85. The summed E-state index contributed by atoms with van der Waals surface area (Å²) >= 11 is 0. The van der Waals surface area contributed by atoms with E-state index < -0.39 is 0 Å². The second-order valence-electron chi connectivity index (χ2n) is 7.98. The predicted octanol–water partition coefficient (Wildman–Crippen LogP) is 2.83. The molecule has 1 aromatic rings. The van der Waals surface area contributed by atoms with Crippen LogP contribution in [0.1, 0.15) is 45.1 Å². The van der Waals surface area contributed by atoms with Gasteiger partial charge in [-0.3, -0.25) is 9.59 Å². The third kappa shape index (κ3) is 7.61. The lowest BCUT2D eigenvalue weighted by molar-refractivity contribution is -0.142. The van der Waals surface area contributed by atoms with Gasteiger partial charge in [0.25, 0.3) is 5.91 Å². The molecule has 2 saturated heterocycles. The van der Waals surface area contributed by atoms with Gasteiger partial charge in [0.15, 0.2) is 5.96 Å². The monoisotopic (exact) mass is 557 g/mol. The van der Waals surface area contributed by atoms with Crippen molar-refractivity contribution in [2.45, 2.75) is 52.2 Å². The number of guanidine groups is 1. The quantitative estimate of drug-likeness (QED) is 0.306. The van der Waals surface area contributed by atoms with Gasteiger partial charge in [-0.15, -0.1) is 24.0 Å². The van der Waals surface area contributed by atoms with Crippen molar-refractivity contribution in [2.24, 2.45) is 4.99 Å². The van der Waals surface area contributed by atoms with Crippen LogP contribution < -0.4 is 10.6 Å². The molecule has 2 amide bonds. The maximum absolute atomic E-state index is 12.6. The summed E-state index contributed by atoms with van der Waals surface area (Å²) in [5, 5.41) is 6.27. The van der Waals surface area contributed by atoms with Gasteiger partial charge in [0.05, 0.1) is 6.54 Å². The summed E-state index contributed by atoms with van der Waals surface area (Å²) in [5.74, 6) is 1.04. The second-order valence-corrected chi connectivity index (χ2v) is 7.98. The SMILES string of the molecule is CCCC(=O)Nc1ccc(CN=C(NCC)N2CCN(C(=O)C3CCCO3)CC2)cc1.I. The first-order valence-corrected chi connectivity index (χ1v) is 11.4. The molecule has 0 radical (unpaired) electrons. The maximum Gasteiger partial charge on any atom is 0.251 e. The molecule has 2 N–H and O–H groups in total. The molecular weight excluding hydrogens is 521 g/mol. The molecule has 1 aromatic carbocycles. The Hall–Kier alpha value is -1.88. The van der Waals surface area contributed by atoms with Crippen molar-refractivity contribution in [3.8, 4) is 0 Å². The lowest BCUT2D eigenvalue weighted by Gasteiger charge is -2.37. The van der Waals surface area contributed by atoms with E-state index in [0.717, 1.165) is 56.1 Å². The predicted molar refractivity (Wildman–Crippen MR) is 137 cm³/mol. The first kappa shape index (κ1) is 26.4. The number of anilines is 1. The van der Waals surface area contributed by atoms with Crippen LogP contribution in [-0.4, -0.2) is 73.0 Å². The summed E-state index contributed by atoms with van der Waals surface area (Å²) < 4.78 is 5.55. The van der Waals surface area contributed by atoms with Gasteiger partial charge in [-0.25, -0.2) is 4.99 Å². The largest absolute Gasteiger partial charge is 0.368 e. The maximum atomic E-state index is 12.6. The van der Waals surface area contributed by atoms with Gasteiger partial charge in [0.1, 0.15) is 6.10 Å². The van der Waals surface area contributed by atoms with Crippen molar-refractivity contribution in [3.63, 3.8) is 0 Å². The minimum absolute atomic E-state index is 0. The smallest absolute Gasteiger partial charge is 0.251 e. The van der Waals surface area contributed by atoms with Gasteiger partial charge in [-0.1, -0.05) is 19.1 Å². The van der Waals surface area contributed by atoms with Gasteiger partial charge in [0.2, 0.25) is 5.91 Å². The van der Waals surface area contributed by atoms with E-state index in [1.807, 2.05) is 36.1 Å². The van der Waals surface area contributed by atoms with Crippen LogP contribution in [0.4, 0.5) is 5.69 Å². The van der Waals surface area contributed by atoms with E-state index in [2.05, 4.69) is 22.5 Å². The lowest BCUT2D eigenvalue weighted by Crippen LogP contribution is -2.55. The molecule has 178 valence electrons. The van der Waals surface area contributed by atoms with E-state index >= 15 is 0 Å². The van der Waals surface area contributed by atoms with Crippen LogP contribution >= 0.6 is 24.0 Å². The Morgan fingerprint density at radius 3 is 2.38 bits per heavy atom. The van der Waals surface area contributed by atoms with E-state index in [9.17, 15) is 9.59 Å². The van der Waals surface area contributed by atoms with Crippen LogP contribution in [0.3, 0.4) is 0 Å². The molecule has 1 atom stereocenters. The summed E-state index contributed by atoms with van der Waals surface area (Å²) in [6.07, 6.45) is 2.93. The van der Waals surface area contributed by atoms with E-state index in [1.54, 1.807) is 0 Å². The minimum atomic E-state index is -0.247. The Balaban J connectivity index is 0.00000363. The van der Waals surface area contributed by atoms with Gasteiger partial charge in [-0.2, -0.15) is 0 Å². The summed E-state index contributed by atoms with van der Waals surface area (Å²) in [6.45, 7) is 8.98. The van der Waals surface area contributed by atoms with Crippen LogP contribution in [0.5, 0.6) is 0 Å². The number of nitrogens with zero attached hydrogens (tertiary/aromatic N) is 3. The molecule has 0 spiro atoms. The number of hydrogen-bond acceptors (Lipinski definition) is 4. The highest BCUT2D eigenvalue weighted by molar-refractivity contribution is 14.0. The standard InChI is InChI=1S/C23H35N5O3.HI/c1-3-6-21(29)26-19-10-8-18(9-11-19)17-25-23(24-4-2)28-14-12-27(13-15-28)22(30)20-7-5-16-31-20;/h8-11,20H,3-7,12-17H2,1-2H3,(H,24,25)(H,26,29);1H. The highest BCUT2D eigenvalue weighted by atomic mass is 127. The van der Waals surface area contributed by atoms with Gasteiger partial charge in [-0.05, 0) is 43.9 Å². The summed E-state index contributed by atoms with van der Waals surface area (Å²) in [6, 6.07) is 7.82. The van der Waals surface area contributed by atoms with Gasteiger partial charge >= 0.3 is 0 Å². The molecule has 2 aliphatic heterocycles. The Morgan fingerprint density at radius 1 is 1.09 bits per heavy atom. The first-order chi connectivity index (χ1) is 15.1. The van der Waals surface area contributed by atoms with Gasteiger partial charge < -0.3 is 25.2 Å². The number of carbonyl (C=O) groups excluding carboxylic acids is 2. The molecule has 3 rings (SSSR count). The molecule has 0 aromatic heterocycles. The van der Waals surface area contributed by atoms with Gasteiger partial charge in [0, 0.05) is 51.4 Å². The minimum Gasteiger partial charge on any atom is -0.368 e. The number of rotatable bonds is 7. The number of piperazine rings is 1. The van der Waals surface area contributed by atoms with Crippen molar-refractivity contribution in [3.05, 3.63) is 29.8 Å². The third-order valence-corrected chi connectivity index (χ3v) is 5.56. The van der Waals surface area contributed by atoms with Crippen molar-refractivity contribution in [1.82, 2.24) is 15.1 Å². The molecule has 0 aliphatic carbocycles. The van der Waals surface area contributed by atoms with Crippen molar-refractivity contribution in [1.29, 1.82) is 0 Å². The second kappa shape index (κ2) is 13.6. The Morgan fingerprint density at radius 2 is 1.78 bits per heavy atom. The van der Waals surface area contributed by atoms with Crippen LogP contribution in [-0.2, 0) is 20.9 Å². The topological polar surface area (TPSA) is 86.3 Å². The Bertz CT molecular complexity index is 757. The number of hydrogen-bond donors (Lipinski definition) is 2. The number of carbonyl (C=O) groups is 2. The Labute approximate surface area is 208 Å². The highest BCUT2D eigenvalue weighted by Crippen LogP contribution is 2.16. The number of benzene rings is 1. The van der Waals surface area contributed by atoms with E-state index in [4.69, 9.17) is 9.73 Å². The molecule has 2 aliphatic rings. The number of ether oxygens (including phenoxy) is 1. The number of amides is 2.